The number of carbonyl (C=O) groups is 1. The first kappa shape index (κ1) is 17.8. The monoisotopic (exact) mass is 313 g/mol. The van der Waals surface area contributed by atoms with Gasteiger partial charge in [0.05, 0.1) is 7.11 Å². The third kappa shape index (κ3) is 4.35. The topological polar surface area (TPSA) is 47.6 Å². The van der Waals surface area contributed by atoms with Gasteiger partial charge in [0, 0.05) is 13.0 Å². The van der Waals surface area contributed by atoms with E-state index in [4.69, 9.17) is 9.47 Å². The zero-order valence-corrected chi connectivity index (χ0v) is 13.8. The predicted molar refractivity (Wildman–Crippen MR) is 85.2 cm³/mol. The Morgan fingerprint density at radius 3 is 2.57 bits per heavy atom. The molecule has 0 bridgehead atoms. The van der Waals surface area contributed by atoms with Crippen molar-refractivity contribution < 1.29 is 14.3 Å². The van der Waals surface area contributed by atoms with E-state index >= 15 is 0 Å². The molecule has 0 radical (unpaired) electrons. The molecule has 2 atom stereocenters. The van der Waals surface area contributed by atoms with E-state index in [0.29, 0.717) is 13.0 Å². The molecule has 0 aliphatic carbocycles. The first-order valence-corrected chi connectivity index (χ1v) is 6.99. The molecule has 1 saturated heterocycles. The van der Waals surface area contributed by atoms with E-state index in [0.717, 1.165) is 5.75 Å². The lowest BCUT2D eigenvalue weighted by Gasteiger charge is -2.24. The summed E-state index contributed by atoms with van der Waals surface area (Å²) in [6.07, 6.45) is 0.646. The van der Waals surface area contributed by atoms with Crippen molar-refractivity contribution in [1.82, 2.24) is 5.32 Å². The minimum absolute atomic E-state index is 0. The molecule has 1 N–H and O–H groups in total. The van der Waals surface area contributed by atoms with Gasteiger partial charge in [-0.15, -0.1) is 12.4 Å². The minimum atomic E-state index is -0.258. The van der Waals surface area contributed by atoms with Crippen LogP contribution in [0.1, 0.15) is 32.8 Å². The molecule has 118 valence electrons. The number of rotatable bonds is 3. The largest absolute Gasteiger partial charge is 0.489 e. The molecule has 1 aliphatic heterocycles. The van der Waals surface area contributed by atoms with Crippen LogP contribution in [0.5, 0.6) is 5.75 Å². The second kappa shape index (κ2) is 7.14. The molecule has 1 aromatic carbocycles. The highest BCUT2D eigenvalue weighted by atomic mass is 35.5. The van der Waals surface area contributed by atoms with Crippen molar-refractivity contribution in [2.24, 2.45) is 0 Å². The molecule has 1 fully saturated rings. The summed E-state index contributed by atoms with van der Waals surface area (Å²) in [5.74, 6) is 0.678. The highest BCUT2D eigenvalue weighted by molar-refractivity contribution is 5.85. The molecule has 0 aromatic heterocycles. The predicted octanol–water partition coefficient (Wildman–Crippen LogP) is 2.69. The van der Waals surface area contributed by atoms with Gasteiger partial charge >= 0.3 is 5.97 Å². The molecule has 21 heavy (non-hydrogen) atoms. The molecule has 1 aliphatic rings. The van der Waals surface area contributed by atoms with Gasteiger partial charge in [0.25, 0.3) is 0 Å². The van der Waals surface area contributed by atoms with Crippen LogP contribution in [0.4, 0.5) is 0 Å². The zero-order chi connectivity index (χ0) is 14.8. The average molecular weight is 314 g/mol. The van der Waals surface area contributed by atoms with Gasteiger partial charge < -0.3 is 14.8 Å². The lowest BCUT2D eigenvalue weighted by molar-refractivity contribution is -0.142. The van der Waals surface area contributed by atoms with Crippen molar-refractivity contribution in [3.8, 4) is 5.75 Å². The Balaban J connectivity index is 0.00000220. The summed E-state index contributed by atoms with van der Waals surface area (Å²) in [7, 11) is 1.41. The van der Waals surface area contributed by atoms with E-state index in [1.165, 1.54) is 12.7 Å². The van der Waals surface area contributed by atoms with E-state index in [-0.39, 0.29) is 35.9 Å². The second-order valence-corrected chi connectivity index (χ2v) is 6.21. The first-order valence-electron chi connectivity index (χ1n) is 6.99. The number of methoxy groups -OCH3 is 1. The molecular weight excluding hydrogens is 290 g/mol. The summed E-state index contributed by atoms with van der Waals surface area (Å²) in [6.45, 7) is 7.16. The van der Waals surface area contributed by atoms with Crippen molar-refractivity contribution in [3.63, 3.8) is 0 Å². The van der Waals surface area contributed by atoms with E-state index in [9.17, 15) is 4.79 Å². The van der Waals surface area contributed by atoms with Crippen LogP contribution in [0.25, 0.3) is 0 Å². The number of hydrogen-bond donors (Lipinski definition) is 1. The van der Waals surface area contributed by atoms with Crippen LogP contribution < -0.4 is 10.1 Å². The summed E-state index contributed by atoms with van der Waals surface area (Å²) < 4.78 is 10.8. The van der Waals surface area contributed by atoms with Crippen molar-refractivity contribution in [2.45, 2.75) is 44.8 Å². The summed E-state index contributed by atoms with van der Waals surface area (Å²) in [5.41, 5.74) is 1.21. The van der Waals surface area contributed by atoms with Gasteiger partial charge in [0.2, 0.25) is 0 Å². The summed E-state index contributed by atoms with van der Waals surface area (Å²) in [5, 5.41) is 3.14. The smallest absolute Gasteiger partial charge is 0.323 e. The number of ether oxygens (including phenoxy) is 2. The van der Waals surface area contributed by atoms with Gasteiger partial charge in [0.1, 0.15) is 17.9 Å². The maximum absolute atomic E-state index is 11.5. The van der Waals surface area contributed by atoms with Crippen LogP contribution in [0.2, 0.25) is 0 Å². The normalized spacial score (nSPS) is 21.5. The third-order valence-corrected chi connectivity index (χ3v) is 3.56. The number of halogens is 1. The number of para-hydroxylation sites is 1. The van der Waals surface area contributed by atoms with Crippen LogP contribution in [0.3, 0.4) is 0 Å². The molecule has 1 aromatic rings. The Morgan fingerprint density at radius 1 is 1.29 bits per heavy atom. The lowest BCUT2D eigenvalue weighted by atomic mass is 9.86. The van der Waals surface area contributed by atoms with Crippen LogP contribution in [-0.2, 0) is 14.9 Å². The maximum atomic E-state index is 11.5. The van der Waals surface area contributed by atoms with Crippen LogP contribution >= 0.6 is 12.4 Å². The Bertz CT molecular complexity index is 485. The van der Waals surface area contributed by atoms with Crippen molar-refractivity contribution >= 4 is 18.4 Å². The quantitative estimate of drug-likeness (QED) is 0.872. The molecule has 0 amide bonds. The average Bonchev–Trinajstić information content (AvgIpc) is 2.86. The third-order valence-electron chi connectivity index (χ3n) is 3.56. The van der Waals surface area contributed by atoms with E-state index in [2.05, 4.69) is 32.2 Å². The summed E-state index contributed by atoms with van der Waals surface area (Å²) >= 11 is 0. The fourth-order valence-electron chi connectivity index (χ4n) is 2.48. The second-order valence-electron chi connectivity index (χ2n) is 6.21. The van der Waals surface area contributed by atoms with Crippen LogP contribution in [0, 0.1) is 0 Å². The SMILES string of the molecule is COC(=O)[C@@H]1C[C@@H](Oc2ccccc2C(C)(C)C)CN1.Cl. The molecule has 2 rings (SSSR count). The molecule has 0 spiro atoms. The van der Waals surface area contributed by atoms with Gasteiger partial charge in [-0.3, -0.25) is 4.79 Å². The van der Waals surface area contributed by atoms with Gasteiger partial charge in [-0.25, -0.2) is 0 Å². The first-order chi connectivity index (χ1) is 9.41. The van der Waals surface area contributed by atoms with Gasteiger partial charge in [-0.2, -0.15) is 0 Å². The fourth-order valence-corrected chi connectivity index (χ4v) is 2.48. The highest BCUT2D eigenvalue weighted by Crippen LogP contribution is 2.32. The Kier molecular flexibility index (Phi) is 6.05. The van der Waals surface area contributed by atoms with Crippen molar-refractivity contribution in [1.29, 1.82) is 0 Å². The van der Waals surface area contributed by atoms with Crippen LogP contribution in [-0.4, -0.2) is 31.8 Å². The Hall–Kier alpha value is -1.26. The van der Waals surface area contributed by atoms with E-state index in [1.807, 2.05) is 18.2 Å². The van der Waals surface area contributed by atoms with Crippen LogP contribution in [0.15, 0.2) is 24.3 Å². The van der Waals surface area contributed by atoms with Gasteiger partial charge in [-0.05, 0) is 17.0 Å². The molecular formula is C16H24ClNO3. The summed E-state index contributed by atoms with van der Waals surface area (Å²) in [4.78, 5) is 11.5. The van der Waals surface area contributed by atoms with E-state index in [1.54, 1.807) is 0 Å². The number of nitrogens with one attached hydrogen (secondary N) is 1. The molecule has 5 heteroatoms. The minimum Gasteiger partial charge on any atom is -0.489 e. The summed E-state index contributed by atoms with van der Waals surface area (Å²) in [6, 6.07) is 7.83. The number of carbonyl (C=O) groups excluding carboxylic acids is 1. The number of benzene rings is 1. The van der Waals surface area contributed by atoms with Crippen molar-refractivity contribution in [3.05, 3.63) is 29.8 Å². The number of hydrogen-bond acceptors (Lipinski definition) is 4. The standard InChI is InChI=1S/C16H23NO3.ClH/c1-16(2,3)12-7-5-6-8-14(12)20-11-9-13(17-10-11)15(18)19-4;/h5-8,11,13,17H,9-10H2,1-4H3;1H/t11-,13+;/m1./s1. The van der Waals surface area contributed by atoms with Gasteiger partial charge in [-0.1, -0.05) is 39.0 Å². The highest BCUT2D eigenvalue weighted by Gasteiger charge is 2.32. The zero-order valence-electron chi connectivity index (χ0n) is 13.0. The maximum Gasteiger partial charge on any atom is 0.323 e. The number of esters is 1. The van der Waals surface area contributed by atoms with Crippen molar-refractivity contribution in [2.75, 3.05) is 13.7 Å². The Labute approximate surface area is 132 Å². The Morgan fingerprint density at radius 2 is 1.95 bits per heavy atom. The van der Waals surface area contributed by atoms with Gasteiger partial charge in [0.15, 0.2) is 0 Å². The lowest BCUT2D eigenvalue weighted by Crippen LogP contribution is -2.31. The molecule has 0 saturated carbocycles. The molecule has 4 nitrogen and oxygen atoms in total. The molecule has 1 heterocycles. The van der Waals surface area contributed by atoms with E-state index < -0.39 is 0 Å². The fraction of sp³-hybridized carbons (Fsp3) is 0.562. The molecule has 0 unspecified atom stereocenters.